The largest absolute Gasteiger partial charge is 0.477 e. The number of aryl methyl sites for hydroxylation is 1. The zero-order valence-corrected chi connectivity index (χ0v) is 5.83. The van der Waals surface area contributed by atoms with Crippen LogP contribution in [0.2, 0.25) is 0 Å². The highest BCUT2D eigenvalue weighted by atomic mass is 16.4. The Bertz CT molecular complexity index is 337. The molecule has 1 rings (SSSR count). The number of hydrogen-bond acceptors (Lipinski definition) is 3. The van der Waals surface area contributed by atoms with E-state index < -0.39 is 11.4 Å². The normalized spacial score (nSPS) is 9.55. The minimum absolute atomic E-state index is 0.337. The van der Waals surface area contributed by atoms with E-state index in [0.29, 0.717) is 5.76 Å². The van der Waals surface area contributed by atoms with Gasteiger partial charge in [-0.15, -0.1) is 0 Å². The van der Waals surface area contributed by atoms with Crippen molar-refractivity contribution in [2.24, 2.45) is 0 Å². The van der Waals surface area contributed by atoms with Crippen LogP contribution in [0.4, 0.5) is 0 Å². The molecule has 0 aromatic carbocycles. The van der Waals surface area contributed by atoms with Crippen molar-refractivity contribution >= 4 is 5.97 Å². The van der Waals surface area contributed by atoms with E-state index in [0.717, 1.165) is 12.3 Å². The maximum absolute atomic E-state index is 10.8. The molecule has 58 valence electrons. The Morgan fingerprint density at radius 1 is 1.64 bits per heavy atom. The molecule has 4 heteroatoms. The highest BCUT2D eigenvalue weighted by Gasteiger charge is 2.07. The molecule has 0 bridgehead atoms. The quantitative estimate of drug-likeness (QED) is 0.644. The van der Waals surface area contributed by atoms with Gasteiger partial charge in [0.15, 0.2) is 5.43 Å². The lowest BCUT2D eigenvalue weighted by Gasteiger charge is -1.92. The molecule has 0 aliphatic heterocycles. The Morgan fingerprint density at radius 2 is 2.27 bits per heavy atom. The Morgan fingerprint density at radius 3 is 2.73 bits per heavy atom. The SMILES string of the molecule is Cc1cc(=O)c(C(=O)O)co1. The van der Waals surface area contributed by atoms with Crippen LogP contribution in [-0.4, -0.2) is 11.1 Å². The molecule has 11 heavy (non-hydrogen) atoms. The van der Waals surface area contributed by atoms with Crippen molar-refractivity contribution in [3.63, 3.8) is 0 Å². The third kappa shape index (κ3) is 1.46. The molecule has 0 radical (unpaired) electrons. The number of carboxylic acids is 1. The van der Waals surface area contributed by atoms with E-state index in [4.69, 9.17) is 9.52 Å². The summed E-state index contributed by atoms with van der Waals surface area (Å²) in [6, 6.07) is 1.14. The topological polar surface area (TPSA) is 67.5 Å². The standard InChI is InChI=1S/C7H6O4/c1-4-2-6(8)5(3-11-4)7(9)10/h2-3H,1H3,(H,9,10). The highest BCUT2D eigenvalue weighted by molar-refractivity contribution is 5.86. The molecule has 0 unspecified atom stereocenters. The van der Waals surface area contributed by atoms with E-state index >= 15 is 0 Å². The van der Waals surface area contributed by atoms with Gasteiger partial charge in [-0.3, -0.25) is 4.79 Å². The summed E-state index contributed by atoms with van der Waals surface area (Å²) < 4.78 is 4.72. The van der Waals surface area contributed by atoms with Crippen molar-refractivity contribution in [1.82, 2.24) is 0 Å². The van der Waals surface area contributed by atoms with Gasteiger partial charge in [0.2, 0.25) is 0 Å². The van der Waals surface area contributed by atoms with Crippen molar-refractivity contribution in [1.29, 1.82) is 0 Å². The van der Waals surface area contributed by atoms with E-state index in [1.165, 1.54) is 0 Å². The van der Waals surface area contributed by atoms with Crippen LogP contribution in [0.5, 0.6) is 0 Å². The number of rotatable bonds is 1. The summed E-state index contributed by atoms with van der Waals surface area (Å²) in [4.78, 5) is 21.1. The molecule has 0 aliphatic carbocycles. The van der Waals surface area contributed by atoms with Crippen molar-refractivity contribution in [2.75, 3.05) is 0 Å². The molecule has 0 fully saturated rings. The number of carboxylic acid groups (broad SMARTS) is 1. The lowest BCUT2D eigenvalue weighted by atomic mass is 10.3. The summed E-state index contributed by atoms with van der Waals surface area (Å²) in [5.74, 6) is -0.862. The van der Waals surface area contributed by atoms with Gasteiger partial charge in [-0.05, 0) is 6.92 Å². The first-order valence-corrected chi connectivity index (χ1v) is 2.94. The predicted molar refractivity (Wildman–Crippen MR) is 36.7 cm³/mol. The van der Waals surface area contributed by atoms with Crippen LogP contribution in [0.25, 0.3) is 0 Å². The predicted octanol–water partition coefficient (Wildman–Crippen LogP) is 0.646. The lowest BCUT2D eigenvalue weighted by Crippen LogP contribution is -2.12. The lowest BCUT2D eigenvalue weighted by molar-refractivity contribution is 0.0692. The van der Waals surface area contributed by atoms with Crippen LogP contribution in [0.3, 0.4) is 0 Å². The number of hydrogen-bond donors (Lipinski definition) is 1. The van der Waals surface area contributed by atoms with Gasteiger partial charge >= 0.3 is 5.97 Å². The fourth-order valence-corrected chi connectivity index (χ4v) is 0.662. The minimum atomic E-state index is -1.27. The molecule has 1 aromatic rings. The molecule has 1 N–H and O–H groups in total. The summed E-state index contributed by atoms with van der Waals surface area (Å²) in [7, 11) is 0. The molecule has 0 saturated carbocycles. The van der Waals surface area contributed by atoms with Crippen LogP contribution >= 0.6 is 0 Å². The van der Waals surface area contributed by atoms with E-state index in [1.54, 1.807) is 6.92 Å². The Hall–Kier alpha value is -1.58. The molecular formula is C7H6O4. The molecule has 0 atom stereocenters. The zero-order valence-electron chi connectivity index (χ0n) is 5.83. The van der Waals surface area contributed by atoms with Gasteiger partial charge in [0.05, 0.1) is 0 Å². The molecular weight excluding hydrogens is 148 g/mol. The van der Waals surface area contributed by atoms with Crippen molar-refractivity contribution < 1.29 is 14.3 Å². The summed E-state index contributed by atoms with van der Waals surface area (Å²) >= 11 is 0. The van der Waals surface area contributed by atoms with Crippen LogP contribution < -0.4 is 5.43 Å². The second-order valence-corrected chi connectivity index (χ2v) is 2.07. The van der Waals surface area contributed by atoms with Gasteiger partial charge in [-0.1, -0.05) is 0 Å². The maximum Gasteiger partial charge on any atom is 0.342 e. The van der Waals surface area contributed by atoms with Crippen LogP contribution in [0, 0.1) is 6.92 Å². The monoisotopic (exact) mass is 154 g/mol. The van der Waals surface area contributed by atoms with E-state index in [1.807, 2.05) is 0 Å². The fraction of sp³-hybridized carbons (Fsp3) is 0.143. The summed E-state index contributed by atoms with van der Waals surface area (Å²) in [6.45, 7) is 1.58. The van der Waals surface area contributed by atoms with Gasteiger partial charge in [0.1, 0.15) is 17.6 Å². The summed E-state index contributed by atoms with van der Waals surface area (Å²) in [5.41, 5.74) is -0.864. The van der Waals surface area contributed by atoms with Crippen LogP contribution in [-0.2, 0) is 0 Å². The molecule has 0 amide bonds. The van der Waals surface area contributed by atoms with Crippen LogP contribution in [0.1, 0.15) is 16.1 Å². The molecule has 0 aliphatic rings. The minimum Gasteiger partial charge on any atom is -0.477 e. The third-order valence-electron chi connectivity index (χ3n) is 1.19. The summed E-state index contributed by atoms with van der Waals surface area (Å²) in [6.07, 6.45) is 0.944. The van der Waals surface area contributed by atoms with Gasteiger partial charge < -0.3 is 9.52 Å². The fourth-order valence-electron chi connectivity index (χ4n) is 0.662. The third-order valence-corrected chi connectivity index (χ3v) is 1.19. The molecule has 0 spiro atoms. The molecule has 1 aromatic heterocycles. The number of aromatic carboxylic acids is 1. The van der Waals surface area contributed by atoms with Crippen molar-refractivity contribution in [2.45, 2.75) is 6.92 Å². The first-order valence-electron chi connectivity index (χ1n) is 2.94. The number of carbonyl (C=O) groups is 1. The van der Waals surface area contributed by atoms with Crippen LogP contribution in [0.15, 0.2) is 21.5 Å². The van der Waals surface area contributed by atoms with E-state index in [9.17, 15) is 9.59 Å². The van der Waals surface area contributed by atoms with Gasteiger partial charge in [-0.25, -0.2) is 4.79 Å². The molecule has 0 saturated heterocycles. The summed E-state index contributed by atoms with van der Waals surface area (Å²) in [5, 5.41) is 8.40. The Balaban J connectivity index is 3.32. The average Bonchev–Trinajstić information content (AvgIpc) is 1.85. The first-order chi connectivity index (χ1) is 5.11. The first kappa shape index (κ1) is 7.53. The molecule has 1 heterocycles. The van der Waals surface area contributed by atoms with E-state index in [-0.39, 0.29) is 5.56 Å². The van der Waals surface area contributed by atoms with Crippen molar-refractivity contribution in [3.8, 4) is 0 Å². The maximum atomic E-state index is 10.8. The molecule has 4 nitrogen and oxygen atoms in total. The van der Waals surface area contributed by atoms with Crippen molar-refractivity contribution in [3.05, 3.63) is 33.9 Å². The Labute approximate surface area is 62.1 Å². The highest BCUT2D eigenvalue weighted by Crippen LogP contribution is 1.95. The van der Waals surface area contributed by atoms with Gasteiger partial charge in [0.25, 0.3) is 0 Å². The van der Waals surface area contributed by atoms with E-state index in [2.05, 4.69) is 0 Å². The second-order valence-electron chi connectivity index (χ2n) is 2.07. The Kier molecular flexibility index (Phi) is 1.76. The smallest absolute Gasteiger partial charge is 0.342 e. The second kappa shape index (κ2) is 2.57. The zero-order chi connectivity index (χ0) is 8.43. The van der Waals surface area contributed by atoms with Gasteiger partial charge in [-0.2, -0.15) is 0 Å². The average molecular weight is 154 g/mol. The van der Waals surface area contributed by atoms with Gasteiger partial charge in [0, 0.05) is 6.07 Å².